The van der Waals surface area contributed by atoms with E-state index >= 15 is 0 Å². The number of aryl methyl sites for hydroxylation is 2. The van der Waals surface area contributed by atoms with Crippen LogP contribution in [-0.4, -0.2) is 15.9 Å². The van der Waals surface area contributed by atoms with E-state index in [4.69, 9.17) is 9.15 Å². The van der Waals surface area contributed by atoms with E-state index in [1.54, 1.807) is 23.7 Å². The largest absolute Gasteiger partial charge is 0.455 e. The number of hydrogen-bond donors (Lipinski definition) is 1. The van der Waals surface area contributed by atoms with Gasteiger partial charge in [0, 0.05) is 11.9 Å². The van der Waals surface area contributed by atoms with Gasteiger partial charge in [-0.2, -0.15) is 0 Å². The number of carbonyl (C=O) groups is 1. The van der Waals surface area contributed by atoms with E-state index in [1.165, 1.54) is 0 Å². The van der Waals surface area contributed by atoms with Gasteiger partial charge < -0.3 is 14.5 Å². The summed E-state index contributed by atoms with van der Waals surface area (Å²) in [6.07, 6.45) is 3.49. The molecule has 0 fully saturated rings. The first kappa shape index (κ1) is 18.9. The van der Waals surface area contributed by atoms with Crippen LogP contribution in [0, 0.1) is 13.8 Å². The lowest BCUT2D eigenvalue weighted by Crippen LogP contribution is -2.15. The van der Waals surface area contributed by atoms with Crippen LogP contribution in [0.15, 0.2) is 64.7 Å². The molecule has 1 amide bonds. The van der Waals surface area contributed by atoms with Crippen molar-refractivity contribution in [1.82, 2.24) is 9.97 Å². The molecular weight excluding hydrogens is 386 g/mol. The number of pyridine rings is 1. The predicted octanol–water partition coefficient (Wildman–Crippen LogP) is 5.39. The van der Waals surface area contributed by atoms with Gasteiger partial charge in [-0.05, 0) is 61.2 Å². The molecule has 0 spiro atoms. The zero-order valence-electron chi connectivity index (χ0n) is 16.0. The molecule has 3 heterocycles. The van der Waals surface area contributed by atoms with Crippen LogP contribution >= 0.6 is 11.3 Å². The number of ether oxygens (including phenoxy) is 1. The second kappa shape index (κ2) is 8.28. The molecule has 4 aromatic rings. The molecular formula is C22H19N3O3S. The van der Waals surface area contributed by atoms with Gasteiger partial charge in [-0.25, -0.2) is 4.98 Å². The van der Waals surface area contributed by atoms with Gasteiger partial charge in [0.1, 0.15) is 17.3 Å². The van der Waals surface area contributed by atoms with Crippen LogP contribution in [0.1, 0.15) is 17.0 Å². The van der Waals surface area contributed by atoms with E-state index in [9.17, 15) is 4.79 Å². The number of nitrogens with one attached hydrogen (secondary N) is 1. The van der Waals surface area contributed by atoms with Crippen LogP contribution < -0.4 is 10.1 Å². The van der Waals surface area contributed by atoms with Crippen LogP contribution in [0.3, 0.4) is 0 Å². The Morgan fingerprint density at radius 3 is 2.83 bits per heavy atom. The van der Waals surface area contributed by atoms with Gasteiger partial charge in [0.2, 0.25) is 11.8 Å². The number of benzene rings is 1. The van der Waals surface area contributed by atoms with Gasteiger partial charge in [-0.3, -0.25) is 9.78 Å². The van der Waals surface area contributed by atoms with Crippen molar-refractivity contribution < 1.29 is 13.9 Å². The highest BCUT2D eigenvalue weighted by atomic mass is 32.1. The van der Waals surface area contributed by atoms with Crippen molar-refractivity contribution in [2.24, 2.45) is 0 Å². The van der Waals surface area contributed by atoms with Crippen molar-refractivity contribution in [3.8, 4) is 22.3 Å². The van der Waals surface area contributed by atoms with Crippen LogP contribution in [0.2, 0.25) is 0 Å². The van der Waals surface area contributed by atoms with E-state index in [-0.39, 0.29) is 12.3 Å². The van der Waals surface area contributed by atoms with Gasteiger partial charge in [-0.1, -0.05) is 6.07 Å². The maximum Gasteiger partial charge on any atom is 0.236 e. The Balaban J connectivity index is 1.42. The Kier molecular flexibility index (Phi) is 5.39. The van der Waals surface area contributed by atoms with Gasteiger partial charge in [0.25, 0.3) is 0 Å². The Bertz CT molecular complexity index is 1120. The van der Waals surface area contributed by atoms with E-state index < -0.39 is 0 Å². The molecule has 29 heavy (non-hydrogen) atoms. The summed E-state index contributed by atoms with van der Waals surface area (Å²) in [6.45, 7) is 3.75. The highest BCUT2D eigenvalue weighted by Gasteiger charge is 2.15. The van der Waals surface area contributed by atoms with Crippen LogP contribution in [0.5, 0.6) is 11.5 Å². The lowest BCUT2D eigenvalue weighted by Gasteiger charge is -2.11. The Labute approximate surface area is 172 Å². The lowest BCUT2D eigenvalue weighted by atomic mass is 10.2. The number of amides is 1. The fourth-order valence-corrected chi connectivity index (χ4v) is 3.48. The summed E-state index contributed by atoms with van der Waals surface area (Å²) < 4.78 is 11.5. The number of oxazole rings is 1. The Hall–Kier alpha value is -3.45. The average Bonchev–Trinajstić information content (AvgIpc) is 3.35. The molecule has 4 rings (SSSR count). The number of hydrogen-bond acceptors (Lipinski definition) is 6. The first-order valence-electron chi connectivity index (χ1n) is 9.07. The van der Waals surface area contributed by atoms with Crippen molar-refractivity contribution in [3.05, 3.63) is 77.3 Å². The van der Waals surface area contributed by atoms with Gasteiger partial charge in [0.05, 0.1) is 23.2 Å². The molecule has 6 nitrogen and oxygen atoms in total. The minimum Gasteiger partial charge on any atom is -0.455 e. The van der Waals surface area contributed by atoms with Gasteiger partial charge in [0.15, 0.2) is 0 Å². The summed E-state index contributed by atoms with van der Waals surface area (Å²) in [5, 5.41) is 4.87. The molecule has 7 heteroatoms. The summed E-state index contributed by atoms with van der Waals surface area (Å²) in [6, 6.07) is 13.0. The third-order valence-electron chi connectivity index (χ3n) is 4.27. The van der Waals surface area contributed by atoms with Crippen LogP contribution in [0.4, 0.5) is 5.69 Å². The molecule has 0 unspecified atom stereocenters. The average molecular weight is 405 g/mol. The molecule has 0 saturated heterocycles. The summed E-state index contributed by atoms with van der Waals surface area (Å²) in [5.41, 5.74) is 2.24. The second-order valence-corrected chi connectivity index (χ2v) is 7.44. The second-order valence-electron chi connectivity index (χ2n) is 6.50. The Morgan fingerprint density at radius 1 is 1.21 bits per heavy atom. The molecule has 0 radical (unpaired) electrons. The fourth-order valence-electron chi connectivity index (χ4n) is 2.83. The molecule has 0 atom stereocenters. The number of thiophene rings is 1. The number of rotatable bonds is 6. The molecule has 0 bridgehead atoms. The molecule has 0 aliphatic rings. The molecule has 1 N–H and O–H groups in total. The zero-order valence-corrected chi connectivity index (χ0v) is 16.8. The standard InChI is InChI=1S/C22H19N3O3S/c1-14-11-16(7-8-19(14)28-17-5-3-9-23-13-17)24-21(26)12-18-15(2)27-22(25-18)20-6-4-10-29-20/h3-11,13H,12H2,1-2H3,(H,24,26). The minimum absolute atomic E-state index is 0.147. The predicted molar refractivity (Wildman–Crippen MR) is 112 cm³/mol. The van der Waals surface area contributed by atoms with Crippen molar-refractivity contribution >= 4 is 22.9 Å². The summed E-state index contributed by atoms with van der Waals surface area (Å²) in [5.74, 6) is 2.42. The van der Waals surface area contributed by atoms with Crippen molar-refractivity contribution in [1.29, 1.82) is 0 Å². The summed E-state index contributed by atoms with van der Waals surface area (Å²) >= 11 is 1.55. The molecule has 1 aromatic carbocycles. The lowest BCUT2D eigenvalue weighted by molar-refractivity contribution is -0.115. The maximum absolute atomic E-state index is 12.5. The Morgan fingerprint density at radius 2 is 2.10 bits per heavy atom. The smallest absolute Gasteiger partial charge is 0.236 e. The van der Waals surface area contributed by atoms with Crippen molar-refractivity contribution in [3.63, 3.8) is 0 Å². The van der Waals surface area contributed by atoms with E-state index in [0.717, 1.165) is 10.4 Å². The monoisotopic (exact) mass is 405 g/mol. The minimum atomic E-state index is -0.153. The van der Waals surface area contributed by atoms with Crippen molar-refractivity contribution in [2.45, 2.75) is 20.3 Å². The first-order chi connectivity index (χ1) is 14.1. The topological polar surface area (TPSA) is 77.2 Å². The molecule has 146 valence electrons. The third-order valence-corrected chi connectivity index (χ3v) is 5.13. The SMILES string of the molecule is Cc1cc(NC(=O)Cc2nc(-c3cccs3)oc2C)ccc1Oc1cccnc1. The summed E-state index contributed by atoms with van der Waals surface area (Å²) in [7, 11) is 0. The molecule has 0 saturated carbocycles. The number of anilines is 1. The maximum atomic E-state index is 12.5. The normalized spacial score (nSPS) is 10.7. The molecule has 0 aliphatic carbocycles. The molecule has 0 aliphatic heterocycles. The number of aromatic nitrogens is 2. The van der Waals surface area contributed by atoms with Crippen LogP contribution in [0.25, 0.3) is 10.8 Å². The van der Waals surface area contributed by atoms with E-state index in [0.29, 0.717) is 34.5 Å². The van der Waals surface area contributed by atoms with Gasteiger partial charge in [-0.15, -0.1) is 11.3 Å². The number of nitrogens with zero attached hydrogens (tertiary/aromatic N) is 2. The highest BCUT2D eigenvalue weighted by Crippen LogP contribution is 2.28. The van der Waals surface area contributed by atoms with Crippen LogP contribution in [-0.2, 0) is 11.2 Å². The van der Waals surface area contributed by atoms with Crippen molar-refractivity contribution in [2.75, 3.05) is 5.32 Å². The quantitative estimate of drug-likeness (QED) is 0.465. The summed E-state index contributed by atoms with van der Waals surface area (Å²) in [4.78, 5) is 21.9. The highest BCUT2D eigenvalue weighted by molar-refractivity contribution is 7.13. The zero-order chi connectivity index (χ0) is 20.2. The first-order valence-corrected chi connectivity index (χ1v) is 9.95. The molecule has 3 aromatic heterocycles. The number of carbonyl (C=O) groups excluding carboxylic acids is 1. The fraction of sp³-hybridized carbons (Fsp3) is 0.136. The third kappa shape index (κ3) is 4.52. The van der Waals surface area contributed by atoms with E-state index in [2.05, 4.69) is 15.3 Å². The van der Waals surface area contributed by atoms with E-state index in [1.807, 2.05) is 61.7 Å². The van der Waals surface area contributed by atoms with Gasteiger partial charge >= 0.3 is 0 Å².